The Labute approximate surface area is 214 Å². The Hall–Kier alpha value is -3.03. The van der Waals surface area contributed by atoms with Crippen molar-refractivity contribution < 1.29 is 27.9 Å². The van der Waals surface area contributed by atoms with Gasteiger partial charge in [0.15, 0.2) is 0 Å². The number of rotatable bonds is 11. The lowest BCUT2D eigenvalue weighted by molar-refractivity contribution is -0.137. The second-order valence-electron chi connectivity index (χ2n) is 7.31. The molecule has 0 radical (unpaired) electrons. The van der Waals surface area contributed by atoms with Crippen LogP contribution in [-0.2, 0) is 15.8 Å². The zero-order chi connectivity index (χ0) is 26.7. The minimum atomic E-state index is -4.69. The van der Waals surface area contributed by atoms with Crippen LogP contribution < -0.4 is 10.6 Å². The number of thioether (sulfide) groups is 1. The first kappa shape index (κ1) is 29.2. The smallest absolute Gasteiger partial charge is 0.396 e. The zero-order valence-corrected chi connectivity index (χ0v) is 20.8. The first-order chi connectivity index (χ1) is 17.0. The fourth-order valence-corrected chi connectivity index (χ4v) is 3.87. The molecule has 2 rings (SSSR count). The number of hydrogen-bond donors (Lipinski definition) is 3. The molecule has 2 heterocycles. The van der Waals surface area contributed by atoms with Crippen molar-refractivity contribution in [2.75, 3.05) is 24.2 Å². The molecule has 1 atom stereocenters. The largest absolute Gasteiger partial charge is 0.418 e. The van der Waals surface area contributed by atoms with Gasteiger partial charge in [-0.2, -0.15) is 13.2 Å². The molecule has 0 aromatic carbocycles. The van der Waals surface area contributed by atoms with E-state index in [4.69, 9.17) is 16.7 Å². The van der Waals surface area contributed by atoms with Gasteiger partial charge in [0.1, 0.15) is 18.7 Å². The number of pyridine rings is 1. The summed E-state index contributed by atoms with van der Waals surface area (Å²) in [5, 5.41) is 13.8. The van der Waals surface area contributed by atoms with Crippen LogP contribution in [0.1, 0.15) is 25.3 Å². The first-order valence-corrected chi connectivity index (χ1v) is 11.9. The summed E-state index contributed by atoms with van der Waals surface area (Å²) in [5.41, 5.74) is -0.242. The molecule has 0 saturated heterocycles. The van der Waals surface area contributed by atoms with E-state index in [2.05, 4.69) is 37.2 Å². The Bertz CT molecular complexity index is 1100. The molecule has 0 fully saturated rings. The van der Waals surface area contributed by atoms with Gasteiger partial charge < -0.3 is 15.7 Å². The van der Waals surface area contributed by atoms with Crippen LogP contribution in [0.3, 0.4) is 0 Å². The average molecular weight is 545 g/mol. The Morgan fingerprint density at radius 3 is 2.78 bits per heavy atom. The van der Waals surface area contributed by atoms with Crippen LogP contribution in [0.15, 0.2) is 51.7 Å². The number of aliphatic imine (C=N–C) groups is 3. The molecule has 14 heteroatoms. The summed E-state index contributed by atoms with van der Waals surface area (Å²) in [7, 11) is 0. The Kier molecular flexibility index (Phi) is 11.3. The van der Waals surface area contributed by atoms with Gasteiger partial charge in [0.2, 0.25) is 5.91 Å². The topological polar surface area (TPSA) is 128 Å². The zero-order valence-electron chi connectivity index (χ0n) is 19.2. The number of carbonyl (C=O) groups is 2. The molecular weight excluding hydrogens is 521 g/mol. The van der Waals surface area contributed by atoms with Crippen molar-refractivity contribution in [3.05, 3.63) is 47.3 Å². The van der Waals surface area contributed by atoms with Crippen LogP contribution in [-0.4, -0.2) is 63.9 Å². The maximum Gasteiger partial charge on any atom is 0.418 e. The van der Waals surface area contributed by atoms with E-state index >= 15 is 0 Å². The predicted molar refractivity (Wildman–Crippen MR) is 136 cm³/mol. The number of halogens is 4. The normalized spacial score (nSPS) is 15.2. The molecule has 2 amide bonds. The van der Waals surface area contributed by atoms with Crippen molar-refractivity contribution in [1.82, 2.24) is 10.3 Å². The van der Waals surface area contributed by atoms with E-state index in [0.717, 1.165) is 6.20 Å². The third-order valence-electron chi connectivity index (χ3n) is 4.53. The van der Waals surface area contributed by atoms with Gasteiger partial charge in [-0.1, -0.05) is 18.2 Å². The van der Waals surface area contributed by atoms with E-state index in [0.29, 0.717) is 29.7 Å². The number of nitrogens with one attached hydrogen (secondary N) is 2. The predicted octanol–water partition coefficient (Wildman–Crippen LogP) is 3.65. The fourth-order valence-electron chi connectivity index (χ4n) is 2.72. The molecule has 0 spiro atoms. The van der Waals surface area contributed by atoms with Gasteiger partial charge >= 0.3 is 6.18 Å². The van der Waals surface area contributed by atoms with E-state index in [-0.39, 0.29) is 36.2 Å². The Morgan fingerprint density at radius 2 is 2.17 bits per heavy atom. The van der Waals surface area contributed by atoms with E-state index in [1.165, 1.54) is 24.3 Å². The highest BCUT2D eigenvalue weighted by atomic mass is 35.5. The summed E-state index contributed by atoms with van der Waals surface area (Å²) in [6.07, 6.45) is 1.32. The molecule has 0 bridgehead atoms. The fraction of sp³-hybridized carbons (Fsp3) is 0.364. The number of alkyl halides is 3. The van der Waals surface area contributed by atoms with Gasteiger partial charge in [-0.15, -0.1) is 11.8 Å². The number of nitrogens with zero attached hydrogens (tertiary/aromatic N) is 4. The Balaban J connectivity index is 1.92. The average Bonchev–Trinajstić information content (AvgIpc) is 2.84. The van der Waals surface area contributed by atoms with Crippen molar-refractivity contribution in [1.29, 1.82) is 0 Å². The lowest BCUT2D eigenvalue weighted by atomic mass is 10.2. The quantitative estimate of drug-likeness (QED) is 0.289. The SMILES string of the molecule is C=CC(CCCO)=NC=NCC(=O)NC(C)C1=NC=C(C(=O)Nc2cc(C(F)(F)F)c(Cl)cn2)CS1. The monoisotopic (exact) mass is 544 g/mol. The minimum absolute atomic E-state index is 0.0376. The highest BCUT2D eigenvalue weighted by Gasteiger charge is 2.34. The van der Waals surface area contributed by atoms with Gasteiger partial charge in [-0.05, 0) is 31.9 Å². The second-order valence-corrected chi connectivity index (χ2v) is 8.71. The second kappa shape index (κ2) is 13.9. The van der Waals surface area contributed by atoms with Crippen molar-refractivity contribution in [3.63, 3.8) is 0 Å². The maximum absolute atomic E-state index is 13.0. The van der Waals surface area contributed by atoms with Gasteiger partial charge in [0.25, 0.3) is 5.91 Å². The summed E-state index contributed by atoms with van der Waals surface area (Å²) >= 11 is 6.74. The van der Waals surface area contributed by atoms with Gasteiger partial charge in [-0.3, -0.25) is 19.6 Å². The number of carbonyl (C=O) groups excluding carboxylic acids is 2. The standard InChI is InChI=1S/C22H24ClF3N6O3S/c1-3-15(5-4-6-33)30-12-27-10-19(34)31-13(2)21-29-8-14(11-36-21)20(35)32-18-7-16(22(24,25)26)17(23)9-28-18/h3,7-9,12-13,33H,1,4-6,10-11H2,2H3,(H,31,34)(H,28,32,35). The molecule has 194 valence electrons. The summed E-state index contributed by atoms with van der Waals surface area (Å²) in [5.74, 6) is -1.13. The van der Waals surface area contributed by atoms with Crippen LogP contribution >= 0.6 is 23.4 Å². The van der Waals surface area contributed by atoms with Crippen molar-refractivity contribution in [2.24, 2.45) is 15.0 Å². The number of anilines is 1. The van der Waals surface area contributed by atoms with Crippen LogP contribution in [0.4, 0.5) is 19.0 Å². The Morgan fingerprint density at radius 1 is 1.42 bits per heavy atom. The maximum atomic E-state index is 13.0. The van der Waals surface area contributed by atoms with Crippen molar-refractivity contribution in [3.8, 4) is 0 Å². The molecule has 1 aliphatic rings. The molecule has 36 heavy (non-hydrogen) atoms. The van der Waals surface area contributed by atoms with Gasteiger partial charge in [-0.25, -0.2) is 9.98 Å². The number of amides is 2. The third kappa shape index (κ3) is 9.21. The van der Waals surface area contributed by atoms with Crippen LogP contribution in [0.5, 0.6) is 0 Å². The molecule has 1 unspecified atom stereocenters. The molecule has 9 nitrogen and oxygen atoms in total. The number of hydrogen-bond acceptors (Lipinski definition) is 7. The van der Waals surface area contributed by atoms with Crippen molar-refractivity contribution >= 4 is 58.1 Å². The number of aromatic nitrogens is 1. The molecule has 3 N–H and O–H groups in total. The lowest BCUT2D eigenvalue weighted by Crippen LogP contribution is -2.39. The number of allylic oxidation sites excluding steroid dienone is 1. The van der Waals surface area contributed by atoms with E-state index < -0.39 is 28.7 Å². The highest BCUT2D eigenvalue weighted by molar-refractivity contribution is 8.14. The highest BCUT2D eigenvalue weighted by Crippen LogP contribution is 2.35. The van der Waals surface area contributed by atoms with Crippen molar-refractivity contribution in [2.45, 2.75) is 32.0 Å². The van der Waals surface area contributed by atoms with Gasteiger partial charge in [0, 0.05) is 36.0 Å². The minimum Gasteiger partial charge on any atom is -0.396 e. The lowest BCUT2D eigenvalue weighted by Gasteiger charge is -2.19. The summed E-state index contributed by atoms with van der Waals surface area (Å²) < 4.78 is 39.0. The number of aliphatic hydroxyl groups excluding tert-OH is 1. The summed E-state index contributed by atoms with van der Waals surface area (Å²) in [6, 6.07) is 0.201. The van der Waals surface area contributed by atoms with Gasteiger partial charge in [0.05, 0.1) is 21.7 Å². The molecule has 1 aliphatic heterocycles. The molecule has 0 aliphatic carbocycles. The van der Waals surface area contributed by atoms with E-state index in [9.17, 15) is 22.8 Å². The summed E-state index contributed by atoms with van der Waals surface area (Å²) in [4.78, 5) is 40.4. The van der Waals surface area contributed by atoms with Crippen LogP contribution in [0.2, 0.25) is 5.02 Å². The van der Waals surface area contributed by atoms with Crippen LogP contribution in [0, 0.1) is 0 Å². The first-order valence-electron chi connectivity index (χ1n) is 10.6. The molecule has 0 saturated carbocycles. The molecule has 1 aromatic heterocycles. The van der Waals surface area contributed by atoms with E-state index in [1.807, 2.05) is 0 Å². The van der Waals surface area contributed by atoms with E-state index in [1.54, 1.807) is 13.0 Å². The number of aliphatic hydroxyl groups is 1. The van der Waals surface area contributed by atoms with Crippen LogP contribution in [0.25, 0.3) is 0 Å². The molecule has 1 aromatic rings. The third-order valence-corrected chi connectivity index (χ3v) is 6.04. The molecular formula is C22H24ClF3N6O3S. The summed E-state index contributed by atoms with van der Waals surface area (Å²) in [6.45, 7) is 5.22.